The molecular weight excluding hydrogens is 324 g/mol. The Kier molecular flexibility index (Phi) is 4.89. The number of benzene rings is 1. The van der Waals surface area contributed by atoms with E-state index >= 15 is 0 Å². The molecule has 1 fully saturated rings. The van der Waals surface area contributed by atoms with Gasteiger partial charge in [0.05, 0.1) is 7.11 Å². The summed E-state index contributed by atoms with van der Waals surface area (Å²) in [6, 6.07) is 8.14. The van der Waals surface area contributed by atoms with Crippen molar-refractivity contribution in [3.8, 4) is 5.75 Å². The average molecular weight is 346 g/mol. The lowest BCUT2D eigenvalue weighted by atomic mass is 10.2. The van der Waals surface area contributed by atoms with Crippen LogP contribution in [0.5, 0.6) is 5.75 Å². The van der Waals surface area contributed by atoms with Gasteiger partial charge in [-0.15, -0.1) is 11.3 Å². The molecule has 7 heteroatoms. The minimum atomic E-state index is -0.0486. The van der Waals surface area contributed by atoms with E-state index in [0.29, 0.717) is 5.69 Å². The van der Waals surface area contributed by atoms with E-state index in [9.17, 15) is 4.79 Å². The molecule has 24 heavy (non-hydrogen) atoms. The summed E-state index contributed by atoms with van der Waals surface area (Å²) in [6.45, 7) is 3.62. The second kappa shape index (κ2) is 7.09. The number of hydrogen-bond donors (Lipinski definition) is 0. The number of aromatic nitrogens is 1. The quantitative estimate of drug-likeness (QED) is 0.849. The van der Waals surface area contributed by atoms with E-state index in [1.807, 2.05) is 17.5 Å². The molecule has 0 N–H and O–H groups in total. The monoisotopic (exact) mass is 346 g/mol. The van der Waals surface area contributed by atoms with Crippen molar-refractivity contribution in [3.63, 3.8) is 0 Å². The van der Waals surface area contributed by atoms with Crippen LogP contribution in [0.1, 0.15) is 10.5 Å². The Balaban J connectivity index is 1.63. The molecule has 0 spiro atoms. The van der Waals surface area contributed by atoms with Crippen molar-refractivity contribution in [1.82, 2.24) is 9.88 Å². The highest BCUT2D eigenvalue weighted by Gasteiger charge is 2.21. The first-order chi connectivity index (χ1) is 11.6. The first-order valence-electron chi connectivity index (χ1n) is 7.89. The zero-order chi connectivity index (χ0) is 17.1. The van der Waals surface area contributed by atoms with Gasteiger partial charge in [0.15, 0.2) is 5.13 Å². The zero-order valence-corrected chi connectivity index (χ0v) is 15.0. The predicted molar refractivity (Wildman–Crippen MR) is 97.6 cm³/mol. The van der Waals surface area contributed by atoms with Crippen LogP contribution in [0.25, 0.3) is 0 Å². The van der Waals surface area contributed by atoms with Gasteiger partial charge in [0.25, 0.3) is 5.91 Å². The van der Waals surface area contributed by atoms with Crippen LogP contribution in [-0.2, 0) is 0 Å². The lowest BCUT2D eigenvalue weighted by molar-refractivity contribution is 0.0823. The van der Waals surface area contributed by atoms with Crippen molar-refractivity contribution >= 4 is 28.1 Å². The highest BCUT2D eigenvalue weighted by Crippen LogP contribution is 2.26. The number of anilines is 2. The maximum Gasteiger partial charge on any atom is 0.272 e. The molecule has 0 bridgehead atoms. The summed E-state index contributed by atoms with van der Waals surface area (Å²) in [5, 5.41) is 2.76. The third-order valence-corrected chi connectivity index (χ3v) is 4.99. The van der Waals surface area contributed by atoms with Crippen LogP contribution >= 0.6 is 11.3 Å². The minimum absolute atomic E-state index is 0.0486. The van der Waals surface area contributed by atoms with Crippen LogP contribution in [0.2, 0.25) is 0 Å². The van der Waals surface area contributed by atoms with E-state index in [1.54, 1.807) is 26.1 Å². The average Bonchev–Trinajstić information content (AvgIpc) is 3.11. The first kappa shape index (κ1) is 16.6. The van der Waals surface area contributed by atoms with Crippen LogP contribution in [0.3, 0.4) is 0 Å². The van der Waals surface area contributed by atoms with E-state index in [1.165, 1.54) is 17.0 Å². The summed E-state index contributed by atoms with van der Waals surface area (Å²) in [5.41, 5.74) is 1.70. The molecule has 0 saturated carbocycles. The number of thiazole rings is 1. The molecule has 1 aliphatic heterocycles. The summed E-state index contributed by atoms with van der Waals surface area (Å²) in [7, 11) is 5.18. The van der Waals surface area contributed by atoms with E-state index in [-0.39, 0.29) is 5.91 Å². The third kappa shape index (κ3) is 3.46. The second-order valence-corrected chi connectivity index (χ2v) is 6.73. The van der Waals surface area contributed by atoms with E-state index in [4.69, 9.17) is 4.74 Å². The number of methoxy groups -OCH3 is 1. The molecule has 0 aliphatic carbocycles. The van der Waals surface area contributed by atoms with E-state index in [0.717, 1.165) is 37.1 Å². The molecular formula is C17H22N4O2S. The first-order valence-corrected chi connectivity index (χ1v) is 8.77. The van der Waals surface area contributed by atoms with Gasteiger partial charge in [0, 0.05) is 57.4 Å². The molecule has 2 heterocycles. The Labute approximate surface area is 146 Å². The van der Waals surface area contributed by atoms with Gasteiger partial charge in [0.2, 0.25) is 0 Å². The van der Waals surface area contributed by atoms with Gasteiger partial charge in [-0.25, -0.2) is 4.98 Å². The fraction of sp³-hybridized carbons (Fsp3) is 0.412. The molecule has 0 atom stereocenters. The summed E-state index contributed by atoms with van der Waals surface area (Å²) < 4.78 is 5.30. The van der Waals surface area contributed by atoms with Crippen LogP contribution in [-0.4, -0.2) is 63.2 Å². The Morgan fingerprint density at radius 1 is 1.21 bits per heavy atom. The molecule has 0 unspecified atom stereocenters. The maximum atomic E-state index is 12.0. The highest BCUT2D eigenvalue weighted by molar-refractivity contribution is 7.13. The second-order valence-electron chi connectivity index (χ2n) is 5.89. The number of piperazine rings is 1. The zero-order valence-electron chi connectivity index (χ0n) is 14.2. The number of hydrogen-bond acceptors (Lipinski definition) is 6. The van der Waals surface area contributed by atoms with Crippen LogP contribution < -0.4 is 14.5 Å². The summed E-state index contributed by atoms with van der Waals surface area (Å²) in [5.74, 6) is 0.828. The van der Waals surface area contributed by atoms with Crippen molar-refractivity contribution in [2.45, 2.75) is 0 Å². The Hall–Kier alpha value is -2.28. The van der Waals surface area contributed by atoms with Gasteiger partial charge in [-0.05, 0) is 12.1 Å². The fourth-order valence-electron chi connectivity index (χ4n) is 2.70. The summed E-state index contributed by atoms with van der Waals surface area (Å²) in [4.78, 5) is 22.6. The number of carbonyl (C=O) groups is 1. The number of amides is 1. The van der Waals surface area contributed by atoms with E-state index in [2.05, 4.69) is 26.9 Å². The van der Waals surface area contributed by atoms with Gasteiger partial charge in [-0.1, -0.05) is 6.07 Å². The SMILES string of the molecule is COc1cccc(N2CCN(c3nc(C(=O)N(C)C)cs3)CC2)c1. The molecule has 1 saturated heterocycles. The number of rotatable bonds is 4. The van der Waals surface area contributed by atoms with Crippen LogP contribution in [0.4, 0.5) is 10.8 Å². The van der Waals surface area contributed by atoms with Crippen molar-refractivity contribution in [1.29, 1.82) is 0 Å². The standard InChI is InChI=1S/C17H22N4O2S/c1-19(2)16(22)15-12-24-17(18-15)21-9-7-20(8-10-21)13-5-4-6-14(11-13)23-3/h4-6,11-12H,7-10H2,1-3H3. The Morgan fingerprint density at radius 3 is 2.58 bits per heavy atom. The van der Waals surface area contributed by atoms with Gasteiger partial charge in [-0.3, -0.25) is 4.79 Å². The van der Waals surface area contributed by atoms with Crippen LogP contribution in [0, 0.1) is 0 Å². The van der Waals surface area contributed by atoms with Gasteiger partial charge < -0.3 is 19.4 Å². The number of carbonyl (C=O) groups excluding carboxylic acids is 1. The molecule has 2 aromatic rings. The van der Waals surface area contributed by atoms with Gasteiger partial charge in [0.1, 0.15) is 11.4 Å². The smallest absolute Gasteiger partial charge is 0.272 e. The Morgan fingerprint density at radius 2 is 1.92 bits per heavy atom. The molecule has 1 aliphatic rings. The topological polar surface area (TPSA) is 48.9 Å². The van der Waals surface area contributed by atoms with Crippen molar-refractivity contribution in [2.24, 2.45) is 0 Å². The highest BCUT2D eigenvalue weighted by atomic mass is 32.1. The molecule has 1 aromatic carbocycles. The summed E-state index contributed by atoms with van der Waals surface area (Å²) >= 11 is 1.53. The predicted octanol–water partition coefficient (Wildman–Crippen LogP) is 2.18. The third-order valence-electron chi connectivity index (χ3n) is 4.09. The number of nitrogens with zero attached hydrogens (tertiary/aromatic N) is 4. The minimum Gasteiger partial charge on any atom is -0.497 e. The van der Waals surface area contributed by atoms with Crippen molar-refractivity contribution in [2.75, 3.05) is 57.2 Å². The van der Waals surface area contributed by atoms with Crippen LogP contribution in [0.15, 0.2) is 29.6 Å². The summed E-state index contributed by atoms with van der Waals surface area (Å²) in [6.07, 6.45) is 0. The molecule has 6 nitrogen and oxygen atoms in total. The maximum absolute atomic E-state index is 12.0. The molecule has 1 amide bonds. The number of ether oxygens (including phenoxy) is 1. The largest absolute Gasteiger partial charge is 0.497 e. The van der Waals surface area contributed by atoms with Gasteiger partial charge in [-0.2, -0.15) is 0 Å². The van der Waals surface area contributed by atoms with Crippen molar-refractivity contribution < 1.29 is 9.53 Å². The lowest BCUT2D eigenvalue weighted by Crippen LogP contribution is -2.46. The van der Waals surface area contributed by atoms with Crippen molar-refractivity contribution in [3.05, 3.63) is 35.3 Å². The Bertz CT molecular complexity index is 708. The van der Waals surface area contributed by atoms with Gasteiger partial charge >= 0.3 is 0 Å². The van der Waals surface area contributed by atoms with E-state index < -0.39 is 0 Å². The lowest BCUT2D eigenvalue weighted by Gasteiger charge is -2.36. The molecule has 3 rings (SSSR count). The molecule has 1 aromatic heterocycles. The normalized spacial score (nSPS) is 14.6. The molecule has 0 radical (unpaired) electrons. The molecule has 128 valence electrons. The fourth-order valence-corrected chi connectivity index (χ4v) is 3.55.